The second-order valence-electron chi connectivity index (χ2n) is 9.96. The third-order valence-electron chi connectivity index (χ3n) is 7.30. The molecule has 0 bridgehead atoms. The van der Waals surface area contributed by atoms with Crippen molar-refractivity contribution in [1.82, 2.24) is 20.2 Å². The van der Waals surface area contributed by atoms with Crippen LogP contribution < -0.4 is 21.7 Å². The quantitative estimate of drug-likeness (QED) is 0.312. The van der Waals surface area contributed by atoms with Gasteiger partial charge in [0.25, 0.3) is 5.91 Å². The molecule has 1 amide bonds. The minimum atomic E-state index is -0.297. The van der Waals surface area contributed by atoms with Crippen LogP contribution in [0.3, 0.4) is 0 Å². The number of amides is 1. The van der Waals surface area contributed by atoms with Gasteiger partial charge in [0, 0.05) is 37.4 Å². The molecular weight excluding hydrogens is 469 g/mol. The zero-order valence-corrected chi connectivity index (χ0v) is 20.9. The van der Waals surface area contributed by atoms with Gasteiger partial charge in [0.1, 0.15) is 5.82 Å². The lowest BCUT2D eigenvalue weighted by Crippen LogP contribution is -2.39. The summed E-state index contributed by atoms with van der Waals surface area (Å²) in [5.41, 5.74) is 8.57. The molecule has 1 aliphatic carbocycles. The Balaban J connectivity index is 0.968. The summed E-state index contributed by atoms with van der Waals surface area (Å²) in [6.45, 7) is 4.90. The Morgan fingerprint density at radius 1 is 1.05 bits per heavy atom. The predicted octanol–water partition coefficient (Wildman–Crippen LogP) is 3.72. The third-order valence-corrected chi connectivity index (χ3v) is 7.30. The summed E-state index contributed by atoms with van der Waals surface area (Å²) in [6, 6.07) is 14.6. The standard InChI is InChI=1S/C28H34FN7O/c29-22-7-5-20(6-8-22)23-15-26(23)32-16-19-9-12-36(13-10-19)14-11-31-28-33-17-21(18-34-28)27(37)35-25-4-2-1-3-24(25)30/h1-8,17-19,23,26,32H,9-16,30H2,(H,35,37)(H,31,33,34). The average Bonchev–Trinajstić information content (AvgIpc) is 3.70. The number of anilines is 3. The Morgan fingerprint density at radius 2 is 1.78 bits per heavy atom. The number of halogens is 1. The smallest absolute Gasteiger partial charge is 0.258 e. The number of rotatable bonds is 10. The van der Waals surface area contributed by atoms with Crippen molar-refractivity contribution in [2.75, 3.05) is 49.1 Å². The van der Waals surface area contributed by atoms with E-state index in [1.165, 1.54) is 30.8 Å². The number of nitrogens with zero attached hydrogens (tertiary/aromatic N) is 3. The Labute approximate surface area is 216 Å². The van der Waals surface area contributed by atoms with Crippen LogP contribution >= 0.6 is 0 Å². The summed E-state index contributed by atoms with van der Waals surface area (Å²) >= 11 is 0. The van der Waals surface area contributed by atoms with Crippen molar-refractivity contribution in [3.05, 3.63) is 77.9 Å². The van der Waals surface area contributed by atoms with Gasteiger partial charge in [-0.25, -0.2) is 14.4 Å². The summed E-state index contributed by atoms with van der Waals surface area (Å²) in [5, 5.41) is 9.75. The second kappa shape index (κ2) is 11.7. The van der Waals surface area contributed by atoms with E-state index >= 15 is 0 Å². The number of nitrogens with one attached hydrogen (secondary N) is 3. The van der Waals surface area contributed by atoms with Gasteiger partial charge in [0.05, 0.1) is 16.9 Å². The Hall–Kier alpha value is -3.56. The molecule has 2 heterocycles. The molecule has 2 aromatic carbocycles. The Morgan fingerprint density at radius 3 is 2.51 bits per heavy atom. The largest absolute Gasteiger partial charge is 0.397 e. The summed E-state index contributed by atoms with van der Waals surface area (Å²) in [7, 11) is 0. The molecule has 9 heteroatoms. The zero-order valence-electron chi connectivity index (χ0n) is 20.9. The van der Waals surface area contributed by atoms with Crippen LogP contribution in [0.2, 0.25) is 0 Å². The van der Waals surface area contributed by atoms with Crippen molar-refractivity contribution in [1.29, 1.82) is 0 Å². The highest BCUT2D eigenvalue weighted by molar-refractivity contribution is 6.05. The first kappa shape index (κ1) is 25.1. The van der Waals surface area contributed by atoms with E-state index in [0.29, 0.717) is 40.8 Å². The molecule has 5 N–H and O–H groups in total. The van der Waals surface area contributed by atoms with Gasteiger partial charge in [-0.3, -0.25) is 4.79 Å². The van der Waals surface area contributed by atoms with E-state index in [9.17, 15) is 9.18 Å². The molecule has 1 aliphatic heterocycles. The highest BCUT2D eigenvalue weighted by Crippen LogP contribution is 2.41. The first-order valence-electron chi connectivity index (χ1n) is 13.0. The lowest BCUT2D eigenvalue weighted by Gasteiger charge is -2.32. The van der Waals surface area contributed by atoms with E-state index in [1.807, 2.05) is 24.3 Å². The van der Waals surface area contributed by atoms with Crippen molar-refractivity contribution >= 4 is 23.2 Å². The fraction of sp³-hybridized carbons (Fsp3) is 0.393. The molecule has 2 unspecified atom stereocenters. The van der Waals surface area contributed by atoms with Crippen LogP contribution in [0.1, 0.15) is 41.1 Å². The van der Waals surface area contributed by atoms with Crippen molar-refractivity contribution in [3.8, 4) is 0 Å². The lowest BCUT2D eigenvalue weighted by molar-refractivity contribution is 0.102. The minimum absolute atomic E-state index is 0.170. The summed E-state index contributed by atoms with van der Waals surface area (Å²) in [4.78, 5) is 23.4. The SMILES string of the molecule is Nc1ccccc1NC(=O)c1cnc(NCCN2CCC(CNC3CC3c3ccc(F)cc3)CC2)nc1. The number of nitrogen functional groups attached to an aromatic ring is 1. The van der Waals surface area contributed by atoms with E-state index in [0.717, 1.165) is 39.1 Å². The van der Waals surface area contributed by atoms with Crippen LogP contribution in [0.4, 0.5) is 21.7 Å². The van der Waals surface area contributed by atoms with Crippen LogP contribution in [-0.4, -0.2) is 59.5 Å². The molecule has 5 rings (SSSR count). The number of aromatic nitrogens is 2. The molecule has 1 saturated carbocycles. The van der Waals surface area contributed by atoms with Gasteiger partial charge in [-0.15, -0.1) is 0 Å². The van der Waals surface area contributed by atoms with Crippen molar-refractivity contribution < 1.29 is 9.18 Å². The van der Waals surface area contributed by atoms with Gasteiger partial charge in [-0.1, -0.05) is 24.3 Å². The van der Waals surface area contributed by atoms with Crippen LogP contribution in [0, 0.1) is 11.7 Å². The number of benzene rings is 2. The van der Waals surface area contributed by atoms with Crippen LogP contribution in [0.25, 0.3) is 0 Å². The number of nitrogens with two attached hydrogens (primary N) is 1. The van der Waals surface area contributed by atoms with Crippen molar-refractivity contribution in [2.24, 2.45) is 5.92 Å². The highest BCUT2D eigenvalue weighted by atomic mass is 19.1. The summed E-state index contributed by atoms with van der Waals surface area (Å²) < 4.78 is 13.1. The Bertz CT molecular complexity index is 1180. The number of hydrogen-bond donors (Lipinski definition) is 4. The normalized spacial score (nSPS) is 19.9. The molecule has 0 radical (unpaired) electrons. The van der Waals surface area contributed by atoms with E-state index in [1.54, 1.807) is 24.3 Å². The number of likely N-dealkylation sites (tertiary alicyclic amines) is 1. The van der Waals surface area contributed by atoms with Crippen molar-refractivity contribution in [3.63, 3.8) is 0 Å². The maximum Gasteiger partial charge on any atom is 0.258 e. The summed E-state index contributed by atoms with van der Waals surface area (Å²) in [5.74, 6) is 1.27. The molecule has 2 aliphatic rings. The van der Waals surface area contributed by atoms with Crippen LogP contribution in [-0.2, 0) is 0 Å². The Kier molecular flexibility index (Phi) is 7.91. The molecule has 37 heavy (non-hydrogen) atoms. The molecule has 1 aromatic heterocycles. The zero-order chi connectivity index (χ0) is 25.6. The van der Waals surface area contributed by atoms with Gasteiger partial charge in [0.2, 0.25) is 5.95 Å². The molecule has 1 saturated heterocycles. The van der Waals surface area contributed by atoms with Gasteiger partial charge in [-0.2, -0.15) is 0 Å². The lowest BCUT2D eigenvalue weighted by atomic mass is 9.96. The second-order valence-corrected chi connectivity index (χ2v) is 9.96. The third kappa shape index (κ3) is 6.81. The molecule has 2 fully saturated rings. The van der Waals surface area contributed by atoms with E-state index in [4.69, 9.17) is 5.73 Å². The van der Waals surface area contributed by atoms with Crippen LogP contribution in [0.15, 0.2) is 60.9 Å². The number of para-hydroxylation sites is 2. The fourth-order valence-corrected chi connectivity index (χ4v) is 4.90. The molecule has 3 aromatic rings. The van der Waals surface area contributed by atoms with Crippen molar-refractivity contribution in [2.45, 2.75) is 31.2 Å². The molecular formula is C28H34FN7O. The minimum Gasteiger partial charge on any atom is -0.397 e. The fourth-order valence-electron chi connectivity index (χ4n) is 4.90. The highest BCUT2D eigenvalue weighted by Gasteiger charge is 2.38. The molecule has 194 valence electrons. The van der Waals surface area contributed by atoms with Gasteiger partial charge < -0.3 is 26.6 Å². The topological polar surface area (TPSA) is 108 Å². The van der Waals surface area contributed by atoms with Gasteiger partial charge >= 0.3 is 0 Å². The first-order chi connectivity index (χ1) is 18.0. The van der Waals surface area contributed by atoms with Crippen LogP contribution in [0.5, 0.6) is 0 Å². The number of piperidine rings is 1. The maximum absolute atomic E-state index is 13.1. The number of hydrogen-bond acceptors (Lipinski definition) is 7. The average molecular weight is 504 g/mol. The van der Waals surface area contributed by atoms with E-state index in [2.05, 4.69) is 30.8 Å². The monoisotopic (exact) mass is 503 g/mol. The molecule has 0 spiro atoms. The van der Waals surface area contributed by atoms with Gasteiger partial charge in [-0.05, 0) is 74.6 Å². The summed E-state index contributed by atoms with van der Waals surface area (Å²) in [6.07, 6.45) is 6.55. The number of carbonyl (C=O) groups is 1. The predicted molar refractivity (Wildman–Crippen MR) is 144 cm³/mol. The number of carbonyl (C=O) groups excluding carboxylic acids is 1. The van der Waals surface area contributed by atoms with E-state index < -0.39 is 0 Å². The molecule has 2 atom stereocenters. The van der Waals surface area contributed by atoms with Gasteiger partial charge in [0.15, 0.2) is 0 Å². The first-order valence-corrected chi connectivity index (χ1v) is 13.0. The van der Waals surface area contributed by atoms with E-state index in [-0.39, 0.29) is 11.7 Å². The maximum atomic E-state index is 13.1. The molecule has 8 nitrogen and oxygen atoms in total.